The van der Waals surface area contributed by atoms with Gasteiger partial charge >= 0.3 is 23.5 Å². The summed E-state index contributed by atoms with van der Waals surface area (Å²) in [5.74, 6) is -1.50. The SMILES string of the molecule is COCCOCCOCCOCCOCCOCCOCCOCCOCCOC1C(OO)C(OP(=O)(O)O)C(C)C(OP(=O)(O)O)C1OP(=O)(O)O. The van der Waals surface area contributed by atoms with Crippen LogP contribution in [0.3, 0.4) is 0 Å². The van der Waals surface area contributed by atoms with Gasteiger partial charge in [0.2, 0.25) is 0 Å². The Bertz CT molecular complexity index is 1040. The molecule has 0 aromatic rings. The van der Waals surface area contributed by atoms with Crippen molar-refractivity contribution in [3.05, 3.63) is 0 Å². The average molecular weight is 845 g/mol. The normalized spacial score (nSPS) is 22.8. The largest absolute Gasteiger partial charge is 0.470 e. The lowest BCUT2D eigenvalue weighted by Gasteiger charge is -2.47. The molecule has 6 unspecified atom stereocenters. The van der Waals surface area contributed by atoms with E-state index >= 15 is 0 Å². The zero-order valence-corrected chi connectivity index (χ0v) is 32.3. The molecule has 6 atom stereocenters. The van der Waals surface area contributed by atoms with Crippen LogP contribution in [-0.4, -0.2) is 191 Å². The fourth-order valence-electron chi connectivity index (χ4n) is 4.59. The molecular weight excluding hydrogens is 789 g/mol. The third-order valence-electron chi connectivity index (χ3n) is 6.80. The highest BCUT2D eigenvalue weighted by Gasteiger charge is 2.57. The van der Waals surface area contributed by atoms with Gasteiger partial charge in [0, 0.05) is 13.0 Å². The zero-order valence-electron chi connectivity index (χ0n) is 29.6. The molecule has 0 saturated heterocycles. The van der Waals surface area contributed by atoms with Crippen molar-refractivity contribution in [3.63, 3.8) is 0 Å². The van der Waals surface area contributed by atoms with E-state index in [1.165, 1.54) is 0 Å². The van der Waals surface area contributed by atoms with Crippen molar-refractivity contribution in [2.45, 2.75) is 37.4 Å². The van der Waals surface area contributed by atoms with Gasteiger partial charge in [-0.2, -0.15) is 0 Å². The maximum absolute atomic E-state index is 11.7. The molecule has 0 heterocycles. The fourth-order valence-corrected chi connectivity index (χ4v) is 6.41. The van der Waals surface area contributed by atoms with E-state index in [0.717, 1.165) is 6.92 Å². The monoisotopic (exact) mass is 844 g/mol. The standard InChI is InChI=1S/C26H55O24P3/c1-21-22(48-51(28,29)30)25(47-27)24(26(50-53(34,35)36)23(21)49-52(31,32)33)46-20-19-45-18-17-44-16-15-43-14-13-42-12-11-41-10-9-40-8-7-39-6-5-38-4-3-37-2/h21-27H,3-20H2,1-2H3,(H2,28,29,30)(H2,31,32,33)(H2,34,35,36). The van der Waals surface area contributed by atoms with Crippen LogP contribution in [0, 0.1) is 5.92 Å². The van der Waals surface area contributed by atoms with E-state index in [0.29, 0.717) is 79.3 Å². The van der Waals surface area contributed by atoms with E-state index in [4.69, 9.17) is 47.4 Å². The molecule has 1 saturated carbocycles. The van der Waals surface area contributed by atoms with Gasteiger partial charge in [-0.15, -0.1) is 0 Å². The summed E-state index contributed by atoms with van der Waals surface area (Å²) in [6.45, 7) is 6.62. The number of phosphoric ester groups is 3. The maximum atomic E-state index is 11.7. The number of phosphoric acid groups is 3. The molecule has 53 heavy (non-hydrogen) atoms. The Morgan fingerprint density at radius 1 is 0.396 bits per heavy atom. The number of hydrogen-bond donors (Lipinski definition) is 7. The summed E-state index contributed by atoms with van der Waals surface area (Å²) in [7, 11) is -14.5. The first kappa shape index (κ1) is 50.9. The van der Waals surface area contributed by atoms with Gasteiger partial charge in [0.1, 0.15) is 30.5 Å². The zero-order chi connectivity index (χ0) is 39.6. The van der Waals surface area contributed by atoms with Crippen LogP contribution in [0.4, 0.5) is 0 Å². The van der Waals surface area contributed by atoms with Crippen LogP contribution < -0.4 is 0 Å². The molecule has 0 amide bonds. The second kappa shape index (κ2) is 29.1. The Hall–Kier alpha value is -0.150. The Morgan fingerprint density at radius 2 is 0.660 bits per heavy atom. The van der Waals surface area contributed by atoms with Crippen LogP contribution in [0.1, 0.15) is 6.92 Å². The summed E-state index contributed by atoms with van der Waals surface area (Å²) in [5, 5.41) is 9.54. The molecule has 0 aromatic carbocycles. The third kappa shape index (κ3) is 26.4. The molecular formula is C26H55O24P3. The van der Waals surface area contributed by atoms with Gasteiger partial charge in [-0.3, -0.25) is 18.8 Å². The van der Waals surface area contributed by atoms with Crippen molar-refractivity contribution in [2.24, 2.45) is 5.92 Å². The van der Waals surface area contributed by atoms with Gasteiger partial charge in [-0.05, 0) is 0 Å². The van der Waals surface area contributed by atoms with Gasteiger partial charge in [0.05, 0.1) is 119 Å². The van der Waals surface area contributed by atoms with Crippen molar-refractivity contribution >= 4 is 23.5 Å². The van der Waals surface area contributed by atoms with E-state index in [-0.39, 0.29) is 33.0 Å². The molecule has 0 spiro atoms. The number of ether oxygens (including phenoxy) is 10. The Balaban J connectivity index is 2.22. The molecule has 0 radical (unpaired) electrons. The lowest BCUT2D eigenvalue weighted by molar-refractivity contribution is -0.343. The van der Waals surface area contributed by atoms with Crippen molar-refractivity contribution in [1.29, 1.82) is 0 Å². The van der Waals surface area contributed by atoms with Crippen LogP contribution in [0.15, 0.2) is 0 Å². The second-order valence-corrected chi connectivity index (χ2v) is 14.4. The smallest absolute Gasteiger partial charge is 0.382 e. The molecule has 27 heteroatoms. The molecule has 0 bridgehead atoms. The Labute approximate surface area is 307 Å². The lowest BCUT2D eigenvalue weighted by Crippen LogP contribution is -2.63. The fraction of sp³-hybridized carbons (Fsp3) is 1.00. The highest BCUT2D eigenvalue weighted by Crippen LogP contribution is 2.51. The van der Waals surface area contributed by atoms with Crippen LogP contribution in [0.25, 0.3) is 0 Å². The molecule has 24 nitrogen and oxygen atoms in total. The first-order chi connectivity index (χ1) is 25.1. The molecule has 1 aliphatic rings. The first-order valence-corrected chi connectivity index (χ1v) is 20.9. The molecule has 1 fully saturated rings. The van der Waals surface area contributed by atoms with Crippen molar-refractivity contribution < 1.29 is 114 Å². The summed E-state index contributed by atoms with van der Waals surface area (Å²) >= 11 is 0. The van der Waals surface area contributed by atoms with E-state index in [1.807, 2.05) is 0 Å². The summed E-state index contributed by atoms with van der Waals surface area (Å²) in [6, 6.07) is 0. The number of methoxy groups -OCH3 is 1. The highest BCUT2D eigenvalue weighted by atomic mass is 31.2. The van der Waals surface area contributed by atoms with Gasteiger partial charge in [-0.1, -0.05) is 6.92 Å². The number of rotatable bonds is 35. The summed E-state index contributed by atoms with van der Waals surface area (Å²) in [6.07, 6.45) is -9.64. The van der Waals surface area contributed by atoms with Crippen molar-refractivity contribution in [3.8, 4) is 0 Å². The average Bonchev–Trinajstić information content (AvgIpc) is 3.06. The van der Waals surface area contributed by atoms with E-state index in [2.05, 4.69) is 18.5 Å². The number of hydrogen-bond acceptors (Lipinski definition) is 18. The van der Waals surface area contributed by atoms with E-state index < -0.39 is 66.5 Å². The van der Waals surface area contributed by atoms with Crippen molar-refractivity contribution in [2.75, 3.05) is 126 Å². The second-order valence-electron chi connectivity index (χ2n) is 10.8. The predicted octanol–water partition coefficient (Wildman–Crippen LogP) is -0.908. The molecule has 318 valence electrons. The topological polar surface area (TPSA) is 322 Å². The minimum Gasteiger partial charge on any atom is -0.382 e. The van der Waals surface area contributed by atoms with E-state index in [1.54, 1.807) is 7.11 Å². The molecule has 1 aliphatic carbocycles. The third-order valence-corrected chi connectivity index (χ3v) is 8.36. The van der Waals surface area contributed by atoms with Crippen LogP contribution in [0.5, 0.6) is 0 Å². The summed E-state index contributed by atoms with van der Waals surface area (Å²) < 4.78 is 102. The lowest BCUT2D eigenvalue weighted by atomic mass is 9.79. The predicted molar refractivity (Wildman–Crippen MR) is 176 cm³/mol. The first-order valence-electron chi connectivity index (χ1n) is 16.3. The van der Waals surface area contributed by atoms with Gasteiger partial charge in [0.25, 0.3) is 0 Å². The molecule has 7 N–H and O–H groups in total. The highest BCUT2D eigenvalue weighted by molar-refractivity contribution is 7.46. The Morgan fingerprint density at radius 3 is 0.943 bits per heavy atom. The van der Waals surface area contributed by atoms with Crippen LogP contribution >= 0.6 is 23.5 Å². The molecule has 0 aliphatic heterocycles. The van der Waals surface area contributed by atoms with E-state index in [9.17, 15) is 48.3 Å². The Kier molecular flexibility index (Phi) is 28.0. The van der Waals surface area contributed by atoms with Crippen molar-refractivity contribution in [1.82, 2.24) is 0 Å². The minimum atomic E-state index is -5.41. The molecule has 1 rings (SSSR count). The maximum Gasteiger partial charge on any atom is 0.470 e. The van der Waals surface area contributed by atoms with Gasteiger partial charge in [0.15, 0.2) is 0 Å². The van der Waals surface area contributed by atoms with Crippen LogP contribution in [-0.2, 0) is 79.5 Å². The minimum absolute atomic E-state index is 0.0638. The van der Waals surface area contributed by atoms with Gasteiger partial charge in [-0.25, -0.2) is 18.6 Å². The molecule has 0 aromatic heterocycles. The quantitative estimate of drug-likeness (QED) is 0.0176. The summed E-state index contributed by atoms with van der Waals surface area (Å²) in [5.41, 5.74) is 0. The summed E-state index contributed by atoms with van der Waals surface area (Å²) in [4.78, 5) is 60.6. The van der Waals surface area contributed by atoms with Crippen LogP contribution in [0.2, 0.25) is 0 Å². The van der Waals surface area contributed by atoms with Gasteiger partial charge < -0.3 is 76.7 Å².